The first-order valence-electron chi connectivity index (χ1n) is 17.8. The number of rotatable bonds is 0. The first-order chi connectivity index (χ1) is 25.6. The van der Waals surface area contributed by atoms with E-state index in [1.165, 1.54) is 32.3 Å². The number of amides is 1. The second-order valence-electron chi connectivity index (χ2n) is 14.8. The van der Waals surface area contributed by atoms with Crippen molar-refractivity contribution < 1.29 is 26.6 Å². The van der Waals surface area contributed by atoms with Crippen LogP contribution in [0, 0.1) is 24.3 Å². The van der Waals surface area contributed by atoms with Gasteiger partial charge in [-0.3, -0.25) is 9.59 Å². The average Bonchev–Trinajstić information content (AvgIpc) is 3.25. The van der Waals surface area contributed by atoms with E-state index in [0.29, 0.717) is 31.9 Å². The highest BCUT2D eigenvalue weighted by Crippen LogP contribution is 2.46. The molecular weight excluding hydrogens is 997 g/mol. The van der Waals surface area contributed by atoms with E-state index in [2.05, 4.69) is 65.7 Å². The maximum Gasteiger partial charge on any atom is 0.264 e. The first-order valence-corrected chi connectivity index (χ1v) is 26.5. The summed E-state index contributed by atoms with van der Waals surface area (Å²) in [7, 11) is -5.24. The first kappa shape index (κ1) is 45.3. The van der Waals surface area contributed by atoms with Crippen molar-refractivity contribution in [1.29, 1.82) is 0 Å². The lowest BCUT2D eigenvalue weighted by Gasteiger charge is -2.44. The highest BCUT2D eigenvalue weighted by molar-refractivity contribution is 14.2. The molecule has 2 N–H and O–H groups in total. The van der Waals surface area contributed by atoms with Gasteiger partial charge in [-0.15, -0.1) is 0 Å². The molecule has 0 radical (unpaired) electrons. The van der Waals surface area contributed by atoms with Gasteiger partial charge in [0.2, 0.25) is 10.0 Å². The van der Waals surface area contributed by atoms with E-state index in [-0.39, 0.29) is 40.1 Å². The molecule has 16 heteroatoms. The molecule has 1 saturated heterocycles. The molecule has 3 aliphatic heterocycles. The topological polar surface area (TPSA) is 109 Å². The number of ketones is 1. The zero-order chi connectivity index (χ0) is 39.8. The number of sulfonamides is 1. The summed E-state index contributed by atoms with van der Waals surface area (Å²) in [5, 5.41) is 2.95. The molecule has 1 amide bonds. The van der Waals surface area contributed by atoms with E-state index < -0.39 is 28.2 Å². The number of alkyl halides is 1. The Bertz CT molecular complexity index is 1890. The zero-order valence-electron chi connectivity index (χ0n) is 30.9. The monoisotopic (exact) mass is 1040 g/mol. The minimum atomic E-state index is -3.93. The third kappa shape index (κ3) is 11.1. The van der Waals surface area contributed by atoms with Crippen LogP contribution in [0.4, 0.5) is 9.57 Å². The number of fused-ring (bicyclic) bond motifs is 4. The molecular formula is C38H48ClFI2N4O5S3. The highest BCUT2D eigenvalue weighted by atomic mass is 127. The van der Waals surface area contributed by atoms with E-state index in [4.69, 9.17) is 22.9 Å². The Labute approximate surface area is 357 Å². The number of aryl methyl sites for hydroxylation is 1. The Kier molecular flexibility index (Phi) is 16.6. The van der Waals surface area contributed by atoms with Gasteiger partial charge < -0.3 is 19.8 Å². The van der Waals surface area contributed by atoms with Gasteiger partial charge in [-0.2, -0.15) is 3.89 Å². The van der Waals surface area contributed by atoms with Crippen LogP contribution in [0.2, 0.25) is 5.02 Å². The molecule has 0 aromatic heterocycles. The average molecular weight is 1050 g/mol. The van der Waals surface area contributed by atoms with Crippen LogP contribution in [-0.2, 0) is 44.9 Å². The minimum absolute atomic E-state index is 0.0556. The molecule has 2 aliphatic carbocycles. The molecule has 9 nitrogen and oxygen atoms in total. The molecule has 2 aromatic rings. The van der Waals surface area contributed by atoms with Crippen molar-refractivity contribution in [3.05, 3.63) is 81.7 Å². The number of hydrogen-bond acceptors (Lipinski definition) is 8. The van der Waals surface area contributed by atoms with Crippen molar-refractivity contribution in [2.45, 2.75) is 75.5 Å². The summed E-state index contributed by atoms with van der Waals surface area (Å²) < 4.78 is 45.8. The van der Waals surface area contributed by atoms with Crippen LogP contribution >= 0.6 is 55.4 Å². The Morgan fingerprint density at radius 1 is 1.15 bits per heavy atom. The number of nitrogens with zero attached hydrogens (tertiary/aromatic N) is 2. The van der Waals surface area contributed by atoms with Crippen molar-refractivity contribution in [2.24, 2.45) is 17.8 Å². The fraction of sp³-hybridized carbons (Fsp3) is 0.553. The predicted molar refractivity (Wildman–Crippen MR) is 238 cm³/mol. The van der Waals surface area contributed by atoms with Crippen LogP contribution < -0.4 is 19.7 Å². The van der Waals surface area contributed by atoms with Gasteiger partial charge in [0.15, 0.2) is 5.78 Å². The number of allylic oxidation sites excluding steroid dienone is 2. The number of hydrogen-bond donors (Lipinski definition) is 2. The van der Waals surface area contributed by atoms with Crippen LogP contribution in [0.1, 0.15) is 74.4 Å². The lowest BCUT2D eigenvalue weighted by molar-refractivity contribution is -0.122. The summed E-state index contributed by atoms with van der Waals surface area (Å²) in [6.45, 7) is 15.6. The van der Waals surface area contributed by atoms with Crippen LogP contribution in [0.15, 0.2) is 48.6 Å². The number of halogens is 4. The third-order valence-electron chi connectivity index (χ3n) is 11.1. The second kappa shape index (κ2) is 19.8. The largest absolute Gasteiger partial charge is 0.490 e. The molecule has 2 bridgehead atoms. The molecule has 54 heavy (non-hydrogen) atoms. The highest BCUT2D eigenvalue weighted by Gasteiger charge is 2.44. The summed E-state index contributed by atoms with van der Waals surface area (Å²) in [5.41, 5.74) is 3.17. The van der Waals surface area contributed by atoms with Crippen LogP contribution in [0.3, 0.4) is 0 Å². The van der Waals surface area contributed by atoms with Crippen molar-refractivity contribution in [2.75, 3.05) is 42.6 Å². The number of ether oxygens (including phenoxy) is 1. The molecule has 1 spiro atoms. The van der Waals surface area contributed by atoms with E-state index in [1.54, 1.807) is 37.3 Å². The van der Waals surface area contributed by atoms with Crippen molar-refractivity contribution in [3.8, 4) is 5.75 Å². The lowest BCUT2D eigenvalue weighted by Crippen LogP contribution is -2.54. The fourth-order valence-corrected chi connectivity index (χ4v) is 9.05. The summed E-state index contributed by atoms with van der Waals surface area (Å²) in [4.78, 5) is 34.2. The van der Waals surface area contributed by atoms with Gasteiger partial charge in [-0.25, -0.2) is 19.7 Å². The number of carbonyl (C=O) groups is 2. The fourth-order valence-electron chi connectivity index (χ4n) is 7.57. The van der Waals surface area contributed by atoms with E-state index >= 15 is 0 Å². The zero-order valence-corrected chi connectivity index (χ0v) is 38.4. The van der Waals surface area contributed by atoms with Gasteiger partial charge in [-0.05, 0) is 121 Å². The quantitative estimate of drug-likeness (QED) is 0.118. The van der Waals surface area contributed by atoms with E-state index in [9.17, 15) is 21.9 Å². The Hall–Kier alpha value is -1.43. The smallest absolute Gasteiger partial charge is 0.264 e. The molecule has 7 rings (SSSR count). The molecule has 5 aliphatic rings. The minimum Gasteiger partial charge on any atom is -0.490 e. The van der Waals surface area contributed by atoms with E-state index in [1.807, 2.05) is 24.8 Å². The van der Waals surface area contributed by atoms with Gasteiger partial charge in [0.25, 0.3) is 11.4 Å². The third-order valence-corrected chi connectivity index (χ3v) is 13.3. The maximum atomic E-state index is 13.3. The predicted octanol–water partition coefficient (Wildman–Crippen LogP) is 8.07. The molecule has 6 atom stereocenters. The molecule has 2 fully saturated rings. The number of anilines is 1. The van der Waals surface area contributed by atoms with Crippen molar-refractivity contribution in [1.82, 2.24) is 10.0 Å². The lowest BCUT2D eigenvalue weighted by atomic mass is 9.68. The molecule has 1 unspecified atom stereocenters. The Morgan fingerprint density at radius 3 is 2.44 bits per heavy atom. The van der Waals surface area contributed by atoms with Crippen LogP contribution in [0.25, 0.3) is 4.85 Å². The second-order valence-corrected chi connectivity index (χ2v) is 22.7. The molecule has 1 saturated carbocycles. The summed E-state index contributed by atoms with van der Waals surface area (Å²) >= 11 is 14.0. The SMILES string of the molecule is CI.C[C@@H]1[C@@H](C)C/C=C/C(=O)[C@@H]2CC[C@H]2CN2C[C@@]3(CCCc4cc(Cl)ccc43)COc3ccc(cc32)C(=O)NS1(=O)=O.FS(=S)I.[C-]#[N+]C1(C)CNC1. The summed E-state index contributed by atoms with van der Waals surface area (Å²) in [6, 6.07) is 11.3. The molecule has 2 aromatic carbocycles. The molecule has 3 heterocycles. The van der Waals surface area contributed by atoms with Crippen LogP contribution in [-0.4, -0.2) is 68.6 Å². The van der Waals surface area contributed by atoms with Gasteiger partial charge >= 0.3 is 0 Å². The van der Waals surface area contributed by atoms with Crippen molar-refractivity contribution in [3.63, 3.8) is 0 Å². The van der Waals surface area contributed by atoms with Crippen molar-refractivity contribution >= 4 is 101 Å². The van der Waals surface area contributed by atoms with Gasteiger partial charge in [0.1, 0.15) is 12.8 Å². The number of nitrogens with one attached hydrogen (secondary N) is 2. The Balaban J connectivity index is 0.000000429. The normalized spacial score (nSPS) is 28.8. The van der Waals surface area contributed by atoms with Gasteiger partial charge in [0.05, 0.1) is 30.6 Å². The standard InChI is InChI=1S/C32H37ClN2O5S.C5H8N2.CH3I.FIS2/c1-20-5-3-7-29(36)26-11-8-24(26)17-35-18-32(14-4-6-22-15-25(33)10-12-27(22)32)19-40-30-13-9-23(16-28(30)35)31(37)34-41(38,39)21(20)2;1-5(6-2)3-7-4-5;1-2;1-4(2)3/h3,7,9-10,12-13,15-16,20-21,24,26H,4-6,8,11,14,17-19H2,1-2H3,(H,34,37);7H,3-4H2,1H3;1H3;/b7-3+;;;/t20-,21+,24-,26+,32-;;;/m0.../s1. The number of benzene rings is 2. The van der Waals surface area contributed by atoms with Crippen LogP contribution in [0.5, 0.6) is 5.75 Å². The van der Waals surface area contributed by atoms with E-state index in [0.717, 1.165) is 55.9 Å². The Morgan fingerprint density at radius 2 is 1.85 bits per heavy atom. The molecule has 296 valence electrons. The van der Waals surface area contributed by atoms with Gasteiger partial charge in [0, 0.05) is 63.1 Å². The van der Waals surface area contributed by atoms with Gasteiger partial charge in [-0.1, -0.05) is 53.3 Å². The summed E-state index contributed by atoms with van der Waals surface area (Å²) in [6.07, 6.45) is 8.60. The maximum absolute atomic E-state index is 13.3. The summed E-state index contributed by atoms with van der Waals surface area (Å²) in [5.74, 6) is -0.0319. The number of carbonyl (C=O) groups excluding carboxylic acids is 2.